The number of carbonyl (C=O) groups is 2. The van der Waals surface area contributed by atoms with Gasteiger partial charge in [-0.1, -0.05) is 174 Å². The van der Waals surface area contributed by atoms with Crippen LogP contribution in [-0.2, 0) is 16.1 Å². The lowest BCUT2D eigenvalue weighted by Gasteiger charge is -2.33. The second kappa shape index (κ2) is 33.2. The number of carbonyl (C=O) groups excluding carboxylic acids is 2. The van der Waals surface area contributed by atoms with E-state index in [4.69, 9.17) is 0 Å². The molecule has 2 rings (SSSR count). The minimum absolute atomic E-state index is 0.0942. The van der Waals surface area contributed by atoms with E-state index in [1.165, 1.54) is 154 Å². The molecular weight excluding hydrogens is 653 g/mol. The van der Waals surface area contributed by atoms with Gasteiger partial charge in [0.2, 0.25) is 11.8 Å². The Labute approximate surface area is 328 Å². The van der Waals surface area contributed by atoms with Gasteiger partial charge in [-0.15, -0.1) is 0 Å². The van der Waals surface area contributed by atoms with Gasteiger partial charge in [-0.3, -0.25) is 9.59 Å². The van der Waals surface area contributed by atoms with E-state index in [0.29, 0.717) is 13.0 Å². The molecule has 6 nitrogen and oxygen atoms in total. The lowest BCUT2D eigenvalue weighted by molar-refractivity contribution is -0.141. The molecule has 6 heteroatoms. The zero-order valence-electron chi connectivity index (χ0n) is 35.4. The normalized spacial score (nSPS) is 14.2. The molecule has 0 aliphatic heterocycles. The van der Waals surface area contributed by atoms with E-state index >= 15 is 0 Å². The minimum Gasteiger partial charge on any atom is -0.352 e. The summed E-state index contributed by atoms with van der Waals surface area (Å²) in [5.74, 6) is 1.27. The van der Waals surface area contributed by atoms with Crippen LogP contribution >= 0.6 is 0 Å². The highest BCUT2D eigenvalue weighted by Gasteiger charge is 2.30. The summed E-state index contributed by atoms with van der Waals surface area (Å²) in [4.78, 5) is 34.4. The molecule has 0 spiro atoms. The third kappa shape index (κ3) is 24.1. The number of imidazole rings is 1. The van der Waals surface area contributed by atoms with E-state index < -0.39 is 0 Å². The van der Waals surface area contributed by atoms with Crippen molar-refractivity contribution in [3.63, 3.8) is 0 Å². The molecule has 1 heterocycles. The summed E-state index contributed by atoms with van der Waals surface area (Å²) >= 11 is 0. The van der Waals surface area contributed by atoms with Crippen LogP contribution in [-0.4, -0.2) is 44.9 Å². The fraction of sp³-hybridized carbons (Fsp3) is 0.851. The van der Waals surface area contributed by atoms with Crippen molar-refractivity contribution >= 4 is 11.8 Å². The molecule has 0 aromatic carbocycles. The standard InChI is InChI=1S/C47H86N4O2/c1-4-6-8-10-12-14-16-18-19-20-22-24-26-28-33-38-46(52)51(41-34-40-50-42-39-48-43(50)3)45(47(53)49-44-35-30-29-31-36-44)37-32-27-25-23-21-17-15-13-11-9-7-5-2/h18-19,39,42,44-45H,4-17,20-38,40-41H2,1-3H3,(H,49,53)/b19-18-. The van der Waals surface area contributed by atoms with Crippen molar-refractivity contribution in [3.8, 4) is 0 Å². The van der Waals surface area contributed by atoms with Crippen LogP contribution in [0.3, 0.4) is 0 Å². The van der Waals surface area contributed by atoms with E-state index in [1.807, 2.05) is 24.2 Å². The molecule has 1 atom stereocenters. The van der Waals surface area contributed by atoms with Crippen LogP contribution in [0.5, 0.6) is 0 Å². The van der Waals surface area contributed by atoms with E-state index in [9.17, 15) is 9.59 Å². The molecule has 1 aliphatic carbocycles. The second-order valence-electron chi connectivity index (χ2n) is 16.5. The van der Waals surface area contributed by atoms with Crippen LogP contribution in [0.2, 0.25) is 0 Å². The van der Waals surface area contributed by atoms with Gasteiger partial charge in [0, 0.05) is 37.9 Å². The number of aryl methyl sites for hydroxylation is 2. The predicted octanol–water partition coefficient (Wildman–Crippen LogP) is 13.4. The van der Waals surface area contributed by atoms with E-state index in [0.717, 1.165) is 63.7 Å². The molecule has 1 saturated carbocycles. The molecule has 306 valence electrons. The summed E-state index contributed by atoms with van der Waals surface area (Å²) in [7, 11) is 0. The van der Waals surface area contributed by atoms with Gasteiger partial charge in [-0.05, 0) is 64.7 Å². The van der Waals surface area contributed by atoms with Crippen LogP contribution < -0.4 is 5.32 Å². The SMILES string of the molecule is CCCCCCCC/C=C\CCCCCCCC(=O)N(CCCn1ccnc1C)C(CCCCCCCCCCCCCC)C(=O)NC1CCCCC1. The van der Waals surface area contributed by atoms with Crippen molar-refractivity contribution in [2.75, 3.05) is 6.54 Å². The number of hydrogen-bond donors (Lipinski definition) is 1. The fourth-order valence-corrected chi connectivity index (χ4v) is 8.15. The Bertz CT molecular complexity index is 1030. The Hall–Kier alpha value is -2.11. The number of allylic oxidation sites excluding steroid dienone is 2. The molecular formula is C47H86N4O2. The van der Waals surface area contributed by atoms with Crippen LogP contribution in [0.25, 0.3) is 0 Å². The van der Waals surface area contributed by atoms with Crippen molar-refractivity contribution in [1.29, 1.82) is 0 Å². The van der Waals surface area contributed by atoms with E-state index in [-0.39, 0.29) is 23.9 Å². The van der Waals surface area contributed by atoms with Crippen molar-refractivity contribution in [2.24, 2.45) is 0 Å². The number of unbranched alkanes of at least 4 members (excludes halogenated alkanes) is 22. The zero-order chi connectivity index (χ0) is 38.0. The summed E-state index contributed by atoms with van der Waals surface area (Å²) in [5, 5.41) is 3.43. The highest BCUT2D eigenvalue weighted by atomic mass is 16.2. The largest absolute Gasteiger partial charge is 0.352 e. The molecule has 1 aromatic rings. The van der Waals surface area contributed by atoms with Crippen LogP contribution in [0, 0.1) is 6.92 Å². The average molecular weight is 739 g/mol. The molecule has 0 saturated heterocycles. The Kier molecular flexibility index (Phi) is 29.5. The summed E-state index contributed by atoms with van der Waals surface area (Å²) in [5.41, 5.74) is 0. The van der Waals surface area contributed by atoms with Gasteiger partial charge in [0.1, 0.15) is 11.9 Å². The first-order valence-electron chi connectivity index (χ1n) is 23.3. The van der Waals surface area contributed by atoms with Crippen molar-refractivity contribution in [1.82, 2.24) is 19.8 Å². The van der Waals surface area contributed by atoms with Crippen LogP contribution in [0.4, 0.5) is 0 Å². The number of hydrogen-bond acceptors (Lipinski definition) is 3. The molecule has 0 bridgehead atoms. The fourth-order valence-electron chi connectivity index (χ4n) is 8.15. The van der Waals surface area contributed by atoms with Crippen molar-refractivity contribution in [2.45, 2.75) is 251 Å². The number of rotatable bonds is 35. The monoisotopic (exact) mass is 739 g/mol. The molecule has 53 heavy (non-hydrogen) atoms. The van der Waals surface area contributed by atoms with Gasteiger partial charge in [0.15, 0.2) is 0 Å². The molecule has 1 aromatic heterocycles. The summed E-state index contributed by atoms with van der Waals surface area (Å²) < 4.78 is 2.16. The smallest absolute Gasteiger partial charge is 0.243 e. The highest BCUT2D eigenvalue weighted by molar-refractivity contribution is 5.87. The molecule has 2 amide bonds. The third-order valence-electron chi connectivity index (χ3n) is 11.7. The molecule has 1 fully saturated rings. The van der Waals surface area contributed by atoms with Gasteiger partial charge in [0.05, 0.1) is 0 Å². The molecule has 1 unspecified atom stereocenters. The maximum Gasteiger partial charge on any atom is 0.243 e. The number of nitrogens with zero attached hydrogens (tertiary/aromatic N) is 3. The number of amides is 2. The summed E-state index contributed by atoms with van der Waals surface area (Å²) in [6.45, 7) is 8.04. The number of aromatic nitrogens is 2. The second-order valence-corrected chi connectivity index (χ2v) is 16.5. The lowest BCUT2D eigenvalue weighted by Crippen LogP contribution is -2.52. The predicted molar refractivity (Wildman–Crippen MR) is 227 cm³/mol. The van der Waals surface area contributed by atoms with Crippen LogP contribution in [0.15, 0.2) is 24.5 Å². The lowest BCUT2D eigenvalue weighted by atomic mass is 9.94. The van der Waals surface area contributed by atoms with Gasteiger partial charge in [-0.2, -0.15) is 0 Å². The third-order valence-corrected chi connectivity index (χ3v) is 11.7. The van der Waals surface area contributed by atoms with E-state index in [2.05, 4.69) is 40.9 Å². The summed E-state index contributed by atoms with van der Waals surface area (Å²) in [6.07, 6.45) is 48.4. The Morgan fingerprint density at radius 1 is 0.717 bits per heavy atom. The van der Waals surface area contributed by atoms with Gasteiger partial charge in [-0.25, -0.2) is 4.98 Å². The quantitative estimate of drug-likeness (QED) is 0.0557. The highest BCUT2D eigenvalue weighted by Crippen LogP contribution is 2.21. The minimum atomic E-state index is -0.362. The first-order valence-corrected chi connectivity index (χ1v) is 23.3. The Balaban J connectivity index is 1.85. The van der Waals surface area contributed by atoms with Crippen molar-refractivity contribution < 1.29 is 9.59 Å². The molecule has 1 N–H and O–H groups in total. The Morgan fingerprint density at radius 3 is 1.75 bits per heavy atom. The summed E-state index contributed by atoms with van der Waals surface area (Å²) in [6, 6.07) is -0.101. The topological polar surface area (TPSA) is 67.2 Å². The molecule has 1 aliphatic rings. The van der Waals surface area contributed by atoms with Gasteiger partial charge in [0.25, 0.3) is 0 Å². The number of nitrogens with one attached hydrogen (secondary N) is 1. The maximum absolute atomic E-state index is 14.0. The van der Waals surface area contributed by atoms with Crippen LogP contribution in [0.1, 0.15) is 232 Å². The van der Waals surface area contributed by atoms with Gasteiger partial charge < -0.3 is 14.8 Å². The molecule has 0 radical (unpaired) electrons. The zero-order valence-corrected chi connectivity index (χ0v) is 35.4. The van der Waals surface area contributed by atoms with Crippen molar-refractivity contribution in [3.05, 3.63) is 30.4 Å². The average Bonchev–Trinajstić information content (AvgIpc) is 3.58. The van der Waals surface area contributed by atoms with Gasteiger partial charge >= 0.3 is 0 Å². The first-order chi connectivity index (χ1) is 26.1. The Morgan fingerprint density at radius 2 is 1.23 bits per heavy atom. The first kappa shape index (κ1) is 47.0. The maximum atomic E-state index is 14.0. The van der Waals surface area contributed by atoms with E-state index in [1.54, 1.807) is 0 Å².